The van der Waals surface area contributed by atoms with E-state index < -0.39 is 49.9 Å². The minimum Gasteiger partial charge on any atom is -0.382 e. The van der Waals surface area contributed by atoms with Crippen molar-refractivity contribution in [1.29, 1.82) is 0 Å². The van der Waals surface area contributed by atoms with Gasteiger partial charge in [0.2, 0.25) is 0 Å². The van der Waals surface area contributed by atoms with Gasteiger partial charge in [0.25, 0.3) is 0 Å². The average molecular weight is 427 g/mol. The second kappa shape index (κ2) is 6.40. The number of sulfone groups is 1. The summed E-state index contributed by atoms with van der Waals surface area (Å²) >= 11 is 6.49. The highest BCUT2D eigenvalue weighted by Gasteiger charge is 2.58. The lowest BCUT2D eigenvalue weighted by molar-refractivity contribution is -0.144. The fourth-order valence-electron chi connectivity index (χ4n) is 2.79. The molecule has 0 heterocycles. The summed E-state index contributed by atoms with van der Waals surface area (Å²) in [7, 11) is -3.99. The summed E-state index contributed by atoms with van der Waals surface area (Å²) in [5, 5.41) is 9.91. The molecule has 0 spiro atoms. The number of hydrogen-bond donors (Lipinski definition) is 1. The van der Waals surface area contributed by atoms with Gasteiger partial charge in [0, 0.05) is 32.2 Å². The van der Waals surface area contributed by atoms with Gasteiger partial charge in [0.15, 0.2) is 16.0 Å². The molecular formula is C16H11ClF4O3S2. The normalized spacial score (nSPS) is 21.7. The van der Waals surface area contributed by atoms with Crippen LogP contribution in [0.5, 0.6) is 0 Å². The minimum atomic E-state index is -4.18. The number of alkyl halides is 3. The van der Waals surface area contributed by atoms with Crippen molar-refractivity contribution in [3.63, 3.8) is 0 Å². The van der Waals surface area contributed by atoms with Crippen molar-refractivity contribution in [3.8, 4) is 0 Å². The van der Waals surface area contributed by atoms with Crippen LogP contribution in [0.2, 0.25) is 5.02 Å². The first kappa shape index (κ1) is 19.5. The Morgan fingerprint density at radius 1 is 1.19 bits per heavy atom. The fraction of sp³-hybridized carbons (Fsp3) is 0.250. The molecule has 3 nitrogen and oxygen atoms in total. The number of benzene rings is 2. The standard InChI is InChI=1S/C16H11ClF4O3S2/c1-26(23,24)11-3-2-10(25-9-5-7(17)4-8(18)6-9)12-13(11)15(22)16(20,21)14(12)19/h2-6,14-15,22H,1H3. The SMILES string of the molecule is CS(=O)(=O)c1ccc(Sc2cc(F)cc(Cl)c2)c2c1C(O)C(F)(F)C2F. The summed E-state index contributed by atoms with van der Waals surface area (Å²) in [6.07, 6.45) is -4.73. The summed E-state index contributed by atoms with van der Waals surface area (Å²) in [6.45, 7) is 0. The Morgan fingerprint density at radius 3 is 2.42 bits per heavy atom. The van der Waals surface area contributed by atoms with Gasteiger partial charge in [0.1, 0.15) is 11.9 Å². The fourth-order valence-corrected chi connectivity index (χ4v) is 5.08. The van der Waals surface area contributed by atoms with Crippen LogP contribution in [0.25, 0.3) is 0 Å². The lowest BCUT2D eigenvalue weighted by Gasteiger charge is -2.16. The van der Waals surface area contributed by atoms with E-state index in [1.807, 2.05) is 0 Å². The highest BCUT2D eigenvalue weighted by molar-refractivity contribution is 7.99. The molecule has 2 aromatic carbocycles. The first-order chi connectivity index (χ1) is 11.9. The maximum absolute atomic E-state index is 14.4. The molecule has 1 N–H and O–H groups in total. The van der Waals surface area contributed by atoms with Crippen molar-refractivity contribution >= 4 is 33.2 Å². The summed E-state index contributed by atoms with van der Waals surface area (Å²) in [4.78, 5) is -0.416. The van der Waals surface area contributed by atoms with E-state index in [9.17, 15) is 31.1 Å². The van der Waals surface area contributed by atoms with Gasteiger partial charge in [-0.15, -0.1) is 0 Å². The van der Waals surface area contributed by atoms with Crippen LogP contribution in [-0.4, -0.2) is 25.7 Å². The van der Waals surface area contributed by atoms with Gasteiger partial charge >= 0.3 is 5.92 Å². The lowest BCUT2D eigenvalue weighted by Crippen LogP contribution is -2.24. The topological polar surface area (TPSA) is 54.4 Å². The number of hydrogen-bond acceptors (Lipinski definition) is 4. The van der Waals surface area contributed by atoms with E-state index in [1.54, 1.807) is 0 Å². The quantitative estimate of drug-likeness (QED) is 0.721. The van der Waals surface area contributed by atoms with Crippen LogP contribution >= 0.6 is 23.4 Å². The molecule has 0 aromatic heterocycles. The Bertz CT molecular complexity index is 975. The third kappa shape index (κ3) is 3.21. The molecule has 1 aliphatic rings. The summed E-state index contributed by atoms with van der Waals surface area (Å²) in [5.74, 6) is -4.86. The van der Waals surface area contributed by atoms with Crippen LogP contribution in [0, 0.1) is 5.82 Å². The van der Waals surface area contributed by atoms with Crippen molar-refractivity contribution in [2.45, 2.75) is 32.9 Å². The van der Waals surface area contributed by atoms with Crippen molar-refractivity contribution in [2.24, 2.45) is 0 Å². The number of aliphatic hydroxyl groups is 1. The second-order valence-corrected chi connectivity index (χ2v) is 9.34. The Labute approximate surface area is 155 Å². The molecule has 2 atom stereocenters. The molecule has 0 saturated carbocycles. The van der Waals surface area contributed by atoms with Crippen LogP contribution in [0.3, 0.4) is 0 Å². The van der Waals surface area contributed by atoms with E-state index in [1.165, 1.54) is 6.07 Å². The average Bonchev–Trinajstić information content (AvgIpc) is 2.67. The molecule has 0 bridgehead atoms. The molecule has 140 valence electrons. The smallest absolute Gasteiger partial charge is 0.312 e. The predicted molar refractivity (Wildman–Crippen MR) is 88.8 cm³/mol. The van der Waals surface area contributed by atoms with Crippen LogP contribution in [0.4, 0.5) is 17.6 Å². The molecule has 0 radical (unpaired) electrons. The monoisotopic (exact) mass is 426 g/mol. The van der Waals surface area contributed by atoms with Gasteiger partial charge in [-0.1, -0.05) is 23.4 Å². The summed E-state index contributed by atoms with van der Waals surface area (Å²) < 4.78 is 79.7. The van der Waals surface area contributed by atoms with Crippen LogP contribution in [0.15, 0.2) is 45.0 Å². The van der Waals surface area contributed by atoms with E-state index >= 15 is 0 Å². The maximum atomic E-state index is 14.4. The first-order valence-electron chi connectivity index (χ1n) is 7.13. The molecule has 0 aliphatic heterocycles. The van der Waals surface area contributed by atoms with Crippen molar-refractivity contribution in [2.75, 3.05) is 6.26 Å². The Balaban J connectivity index is 2.21. The lowest BCUT2D eigenvalue weighted by atomic mass is 10.1. The van der Waals surface area contributed by atoms with Gasteiger partial charge in [0.05, 0.1) is 4.90 Å². The van der Waals surface area contributed by atoms with Crippen LogP contribution < -0.4 is 0 Å². The molecule has 0 fully saturated rings. The first-order valence-corrected chi connectivity index (χ1v) is 10.2. The molecule has 10 heteroatoms. The van der Waals surface area contributed by atoms with Gasteiger partial charge < -0.3 is 5.11 Å². The Hall–Kier alpha value is -1.29. The molecule has 2 aromatic rings. The molecule has 0 saturated heterocycles. The number of halogens is 5. The highest BCUT2D eigenvalue weighted by atomic mass is 35.5. The van der Waals surface area contributed by atoms with Gasteiger partial charge in [-0.2, -0.15) is 8.78 Å². The number of aliphatic hydroxyl groups excluding tert-OH is 1. The van der Waals surface area contributed by atoms with E-state index in [-0.39, 0.29) is 14.8 Å². The van der Waals surface area contributed by atoms with E-state index in [0.717, 1.165) is 42.3 Å². The van der Waals surface area contributed by atoms with Crippen LogP contribution in [-0.2, 0) is 9.84 Å². The van der Waals surface area contributed by atoms with Gasteiger partial charge in [-0.05, 0) is 30.3 Å². The second-order valence-electron chi connectivity index (χ2n) is 5.81. The van der Waals surface area contributed by atoms with Gasteiger partial charge in [-0.25, -0.2) is 17.2 Å². The molecule has 3 rings (SSSR count). The number of rotatable bonds is 3. The van der Waals surface area contributed by atoms with Crippen molar-refractivity contribution in [3.05, 3.63) is 52.3 Å². The van der Waals surface area contributed by atoms with Crippen LogP contribution in [0.1, 0.15) is 23.4 Å². The molecule has 2 unspecified atom stereocenters. The molecular weight excluding hydrogens is 416 g/mol. The Morgan fingerprint density at radius 2 is 1.85 bits per heavy atom. The zero-order valence-electron chi connectivity index (χ0n) is 13.0. The van der Waals surface area contributed by atoms with Crippen molar-refractivity contribution in [1.82, 2.24) is 0 Å². The number of fused-ring (bicyclic) bond motifs is 1. The summed E-state index contributed by atoms with van der Waals surface area (Å²) in [5.41, 5.74) is -1.28. The third-order valence-electron chi connectivity index (χ3n) is 3.90. The van der Waals surface area contributed by atoms with E-state index in [2.05, 4.69) is 0 Å². The van der Waals surface area contributed by atoms with E-state index in [0.29, 0.717) is 0 Å². The maximum Gasteiger partial charge on any atom is 0.312 e. The van der Waals surface area contributed by atoms with E-state index in [4.69, 9.17) is 11.6 Å². The molecule has 26 heavy (non-hydrogen) atoms. The largest absolute Gasteiger partial charge is 0.382 e. The molecule has 0 amide bonds. The third-order valence-corrected chi connectivity index (χ3v) is 6.32. The van der Waals surface area contributed by atoms with Gasteiger partial charge in [-0.3, -0.25) is 0 Å². The zero-order valence-corrected chi connectivity index (χ0v) is 15.4. The predicted octanol–water partition coefficient (Wildman–Crippen LogP) is 4.73. The molecule has 1 aliphatic carbocycles. The summed E-state index contributed by atoms with van der Waals surface area (Å²) in [6, 6.07) is 5.64. The minimum absolute atomic E-state index is 0.0547. The Kier molecular flexibility index (Phi) is 4.79. The zero-order chi connectivity index (χ0) is 19.4. The highest BCUT2D eigenvalue weighted by Crippen LogP contribution is 2.57. The van der Waals surface area contributed by atoms with Crippen molar-refractivity contribution < 1.29 is 31.1 Å².